The number of methoxy groups -OCH3 is 1. The molecule has 5 heteroatoms. The minimum absolute atomic E-state index is 0.0397. The van der Waals surface area contributed by atoms with Crippen LogP contribution in [0.2, 0.25) is 0 Å². The number of amides is 1. The van der Waals surface area contributed by atoms with E-state index in [2.05, 4.69) is 17.4 Å². The van der Waals surface area contributed by atoms with E-state index in [-0.39, 0.29) is 5.91 Å². The molecular formula is C30H35N3O2. The first-order chi connectivity index (χ1) is 17.2. The van der Waals surface area contributed by atoms with Gasteiger partial charge < -0.3 is 10.1 Å². The first kappa shape index (κ1) is 23.5. The molecule has 0 saturated heterocycles. The van der Waals surface area contributed by atoms with Crippen molar-refractivity contribution in [3.63, 3.8) is 0 Å². The monoisotopic (exact) mass is 469 g/mol. The Kier molecular flexibility index (Phi) is 7.41. The Balaban J connectivity index is 1.43. The highest BCUT2D eigenvalue weighted by Crippen LogP contribution is 2.35. The molecule has 1 saturated carbocycles. The van der Waals surface area contributed by atoms with Crippen LogP contribution >= 0.6 is 0 Å². The molecular weight excluding hydrogens is 434 g/mol. The molecule has 0 radical (unpaired) electrons. The Morgan fingerprint density at radius 1 is 1.00 bits per heavy atom. The number of anilines is 1. The molecule has 182 valence electrons. The van der Waals surface area contributed by atoms with Gasteiger partial charge in [0.05, 0.1) is 30.6 Å². The van der Waals surface area contributed by atoms with Crippen molar-refractivity contribution in [1.29, 1.82) is 0 Å². The van der Waals surface area contributed by atoms with Crippen LogP contribution in [0.3, 0.4) is 0 Å². The van der Waals surface area contributed by atoms with E-state index >= 15 is 0 Å². The highest BCUT2D eigenvalue weighted by atomic mass is 16.5. The molecule has 2 aromatic carbocycles. The molecule has 0 aliphatic heterocycles. The smallest absolute Gasteiger partial charge is 0.229 e. The average molecular weight is 470 g/mol. The summed E-state index contributed by atoms with van der Waals surface area (Å²) in [7, 11) is 1.70. The van der Waals surface area contributed by atoms with E-state index in [1.165, 1.54) is 44.1 Å². The number of aryl methyl sites for hydroxylation is 3. The summed E-state index contributed by atoms with van der Waals surface area (Å²) in [5.41, 5.74) is 6.23. The first-order valence-corrected chi connectivity index (χ1v) is 13.1. The van der Waals surface area contributed by atoms with Crippen molar-refractivity contribution in [2.24, 2.45) is 5.92 Å². The number of hydrogen-bond acceptors (Lipinski definition) is 4. The van der Waals surface area contributed by atoms with Crippen molar-refractivity contribution in [2.45, 2.75) is 70.6 Å². The highest BCUT2D eigenvalue weighted by molar-refractivity contribution is 5.92. The van der Waals surface area contributed by atoms with Gasteiger partial charge in [-0.2, -0.15) is 0 Å². The van der Waals surface area contributed by atoms with E-state index in [1.54, 1.807) is 7.11 Å². The fraction of sp³-hybridized carbons (Fsp3) is 0.433. The Morgan fingerprint density at radius 2 is 1.80 bits per heavy atom. The summed E-state index contributed by atoms with van der Waals surface area (Å²) >= 11 is 0. The first-order valence-electron chi connectivity index (χ1n) is 13.1. The third-order valence-corrected chi connectivity index (χ3v) is 7.47. The van der Waals surface area contributed by atoms with Crippen LogP contribution in [0.4, 0.5) is 5.82 Å². The topological polar surface area (TPSA) is 64.1 Å². The summed E-state index contributed by atoms with van der Waals surface area (Å²) in [5, 5.41) is 3.12. The van der Waals surface area contributed by atoms with Crippen LogP contribution in [0.15, 0.2) is 48.5 Å². The minimum Gasteiger partial charge on any atom is -0.497 e. The molecule has 1 amide bonds. The number of benzene rings is 2. The van der Waals surface area contributed by atoms with Crippen LogP contribution in [-0.4, -0.2) is 23.0 Å². The number of hydrogen-bond donors (Lipinski definition) is 1. The van der Waals surface area contributed by atoms with Crippen LogP contribution in [0, 0.1) is 5.92 Å². The summed E-state index contributed by atoms with van der Waals surface area (Å²) in [5.74, 6) is 2.22. The van der Waals surface area contributed by atoms with Crippen LogP contribution in [0.1, 0.15) is 67.5 Å². The number of carbonyl (C=O) groups is 1. The maximum Gasteiger partial charge on any atom is 0.229 e. The SMILES string of the molecule is COc1ccc2c(c1)CCc1nc(NC(=O)Cc3ccccc3)c(CCC3CCCCCC3)nc1-2. The van der Waals surface area contributed by atoms with E-state index in [1.807, 2.05) is 36.4 Å². The lowest BCUT2D eigenvalue weighted by molar-refractivity contribution is -0.115. The summed E-state index contributed by atoms with van der Waals surface area (Å²) in [6.07, 6.45) is 12.0. The predicted molar refractivity (Wildman–Crippen MR) is 140 cm³/mol. The van der Waals surface area contributed by atoms with Crippen LogP contribution in [-0.2, 0) is 30.5 Å². The second-order valence-corrected chi connectivity index (χ2v) is 9.94. The number of carbonyl (C=O) groups excluding carboxylic acids is 1. The molecule has 5 rings (SSSR count). The average Bonchev–Trinajstić information content (AvgIpc) is 3.16. The van der Waals surface area contributed by atoms with Gasteiger partial charge in [-0.25, -0.2) is 9.97 Å². The second-order valence-electron chi connectivity index (χ2n) is 9.94. The molecule has 1 fully saturated rings. The molecule has 0 bridgehead atoms. The predicted octanol–water partition coefficient (Wildman–Crippen LogP) is 6.34. The lowest BCUT2D eigenvalue weighted by Crippen LogP contribution is -2.20. The molecule has 0 atom stereocenters. The third-order valence-electron chi connectivity index (χ3n) is 7.47. The van der Waals surface area contributed by atoms with Gasteiger partial charge in [-0.05, 0) is 60.9 Å². The number of fused-ring (bicyclic) bond motifs is 3. The highest BCUT2D eigenvalue weighted by Gasteiger charge is 2.23. The Labute approximate surface area is 208 Å². The van der Waals surface area contributed by atoms with E-state index in [4.69, 9.17) is 14.7 Å². The molecule has 0 unspecified atom stereocenters. The molecule has 1 N–H and O–H groups in total. The quantitative estimate of drug-likeness (QED) is 0.410. The summed E-state index contributed by atoms with van der Waals surface area (Å²) in [4.78, 5) is 23.1. The van der Waals surface area contributed by atoms with Gasteiger partial charge in [0.2, 0.25) is 5.91 Å². The van der Waals surface area contributed by atoms with Crippen molar-refractivity contribution < 1.29 is 9.53 Å². The Hall–Kier alpha value is -3.21. The van der Waals surface area contributed by atoms with Gasteiger partial charge in [-0.3, -0.25) is 4.79 Å². The zero-order valence-corrected chi connectivity index (χ0v) is 20.7. The van der Waals surface area contributed by atoms with E-state index in [9.17, 15) is 4.79 Å². The standard InChI is InChI=1S/C30H35N3O2/c1-35-24-15-16-25-23(20-24)14-18-26-29(25)31-27(17-13-21-9-5-2-3-6-10-21)30(32-26)33-28(34)19-22-11-7-4-8-12-22/h4,7-8,11-12,15-16,20-21H,2-3,5-6,9-10,13-14,17-19H2,1H3,(H,32,33,34). The Morgan fingerprint density at radius 3 is 2.57 bits per heavy atom. The minimum atomic E-state index is -0.0397. The molecule has 5 nitrogen and oxygen atoms in total. The maximum absolute atomic E-state index is 12.9. The van der Waals surface area contributed by atoms with E-state index in [0.717, 1.165) is 65.6 Å². The molecule has 1 heterocycles. The molecule has 1 aromatic heterocycles. The van der Waals surface area contributed by atoms with Gasteiger partial charge in [-0.1, -0.05) is 68.9 Å². The molecule has 0 spiro atoms. The number of rotatable bonds is 7. The maximum atomic E-state index is 12.9. The summed E-state index contributed by atoms with van der Waals surface area (Å²) in [6, 6.07) is 16.1. The van der Waals surface area contributed by atoms with Crippen LogP contribution in [0.25, 0.3) is 11.3 Å². The fourth-order valence-corrected chi connectivity index (χ4v) is 5.51. The van der Waals surface area contributed by atoms with Crippen LogP contribution < -0.4 is 10.1 Å². The summed E-state index contributed by atoms with van der Waals surface area (Å²) < 4.78 is 5.44. The zero-order valence-electron chi connectivity index (χ0n) is 20.7. The van der Waals surface area contributed by atoms with Crippen LogP contribution in [0.5, 0.6) is 5.75 Å². The van der Waals surface area contributed by atoms with E-state index in [0.29, 0.717) is 12.2 Å². The lowest BCUT2D eigenvalue weighted by atomic mass is 9.90. The lowest BCUT2D eigenvalue weighted by Gasteiger charge is -2.22. The van der Waals surface area contributed by atoms with Gasteiger partial charge in [0.1, 0.15) is 5.75 Å². The van der Waals surface area contributed by atoms with Crippen molar-refractivity contribution in [2.75, 3.05) is 12.4 Å². The third kappa shape index (κ3) is 5.72. The Bertz CT molecular complexity index is 1170. The van der Waals surface area contributed by atoms with E-state index < -0.39 is 0 Å². The number of ether oxygens (including phenoxy) is 1. The van der Waals surface area contributed by atoms with Gasteiger partial charge >= 0.3 is 0 Å². The number of nitrogens with zero attached hydrogens (tertiary/aromatic N) is 2. The van der Waals surface area contributed by atoms with Gasteiger partial charge in [0.25, 0.3) is 0 Å². The molecule has 3 aromatic rings. The number of aromatic nitrogens is 2. The summed E-state index contributed by atoms with van der Waals surface area (Å²) in [6.45, 7) is 0. The van der Waals surface area contributed by atoms with Crippen molar-refractivity contribution in [3.05, 3.63) is 71.0 Å². The van der Waals surface area contributed by atoms with Gasteiger partial charge in [-0.15, -0.1) is 0 Å². The fourth-order valence-electron chi connectivity index (χ4n) is 5.51. The normalized spacial score (nSPS) is 15.6. The molecule has 2 aliphatic rings. The van der Waals surface area contributed by atoms with Gasteiger partial charge in [0.15, 0.2) is 5.82 Å². The largest absolute Gasteiger partial charge is 0.497 e. The zero-order chi connectivity index (χ0) is 24.0. The van der Waals surface area contributed by atoms with Gasteiger partial charge in [0, 0.05) is 5.56 Å². The van der Waals surface area contributed by atoms with Crippen molar-refractivity contribution >= 4 is 11.7 Å². The molecule has 35 heavy (non-hydrogen) atoms. The van der Waals surface area contributed by atoms with Crippen molar-refractivity contribution in [3.8, 4) is 17.0 Å². The van der Waals surface area contributed by atoms with Crippen molar-refractivity contribution in [1.82, 2.24) is 9.97 Å². The number of nitrogens with one attached hydrogen (secondary N) is 1. The second kappa shape index (κ2) is 11.0. The molecule has 2 aliphatic carbocycles.